The Morgan fingerprint density at radius 3 is 1.75 bits per heavy atom. The van der Waals surface area contributed by atoms with E-state index in [2.05, 4.69) is 43.9 Å². The number of allylic oxidation sites excluding steroid dienone is 4. The number of hydrogen-bond donors (Lipinski definition) is 0. The van der Waals surface area contributed by atoms with Crippen molar-refractivity contribution in [2.75, 3.05) is 0 Å². The monoisotopic (exact) mass is 250 g/mol. The molecule has 3 aliphatic carbocycles. The fourth-order valence-corrected chi connectivity index (χ4v) is 1.56. The van der Waals surface area contributed by atoms with Gasteiger partial charge >= 0.3 is 17.1 Å². The van der Waals surface area contributed by atoms with Gasteiger partial charge in [0.25, 0.3) is 0 Å². The fraction of sp³-hybridized carbons (Fsp3) is 0.0667. The largest absolute Gasteiger partial charge is 2.00 e. The molecule has 0 bridgehead atoms. The van der Waals surface area contributed by atoms with Crippen molar-refractivity contribution in [2.24, 2.45) is 0 Å². The van der Waals surface area contributed by atoms with Crippen LogP contribution in [0.3, 0.4) is 0 Å². The Bertz CT molecular complexity index is 222. The van der Waals surface area contributed by atoms with Crippen LogP contribution in [-0.4, -0.2) is 0 Å². The van der Waals surface area contributed by atoms with Crippen LogP contribution in [0.25, 0.3) is 0 Å². The van der Waals surface area contributed by atoms with Gasteiger partial charge in [-0.2, -0.15) is 0 Å². The molecule has 1 heteroatoms. The molecule has 0 amide bonds. The molecule has 3 aliphatic rings. The Morgan fingerprint density at radius 1 is 0.750 bits per heavy atom. The summed E-state index contributed by atoms with van der Waals surface area (Å²) in [7, 11) is 0. The molecule has 0 saturated heterocycles. The molecule has 2 saturated carbocycles. The van der Waals surface area contributed by atoms with E-state index in [-0.39, 0.29) is 17.1 Å². The van der Waals surface area contributed by atoms with E-state index in [1.165, 1.54) is 11.5 Å². The summed E-state index contributed by atoms with van der Waals surface area (Å²) in [6, 6.07) is 0. The zero-order chi connectivity index (χ0) is 10.3. The Labute approximate surface area is 111 Å². The number of hydrogen-bond acceptors (Lipinski definition) is 0. The summed E-state index contributed by atoms with van der Waals surface area (Å²) < 4.78 is 0. The zero-order valence-corrected chi connectivity index (χ0v) is 10.1. The van der Waals surface area contributed by atoms with Gasteiger partial charge in [0.05, 0.1) is 0 Å². The fourth-order valence-electron chi connectivity index (χ4n) is 1.56. The maximum Gasteiger partial charge on any atom is 2.00 e. The van der Waals surface area contributed by atoms with E-state index < -0.39 is 0 Å². The molecule has 0 aliphatic heterocycles. The minimum atomic E-state index is 0. The van der Waals surface area contributed by atoms with E-state index in [1.807, 2.05) is 32.1 Å². The summed E-state index contributed by atoms with van der Waals surface area (Å²) in [5.41, 5.74) is 1.37. The second-order valence-electron chi connectivity index (χ2n) is 3.43. The molecule has 0 heterocycles. The third-order valence-electron chi connectivity index (χ3n) is 2.32. The molecule has 80 valence electrons. The van der Waals surface area contributed by atoms with Gasteiger partial charge in [0, 0.05) is 5.92 Å². The van der Waals surface area contributed by atoms with E-state index in [9.17, 15) is 0 Å². The summed E-state index contributed by atoms with van der Waals surface area (Å²) in [5.74, 6) is 1.34. The van der Waals surface area contributed by atoms with Crippen LogP contribution in [0.4, 0.5) is 0 Å². The van der Waals surface area contributed by atoms with Crippen molar-refractivity contribution < 1.29 is 17.1 Å². The van der Waals surface area contributed by atoms with Crippen LogP contribution in [0.5, 0.6) is 0 Å². The number of rotatable bonds is 1. The van der Waals surface area contributed by atoms with Crippen molar-refractivity contribution in [3.63, 3.8) is 0 Å². The smallest absolute Gasteiger partial charge is 0.0804 e. The average Bonchev–Trinajstić information content (AvgIpc) is 3.06. The van der Waals surface area contributed by atoms with Crippen LogP contribution in [0.1, 0.15) is 6.42 Å². The van der Waals surface area contributed by atoms with E-state index in [0.29, 0.717) is 0 Å². The first-order chi connectivity index (χ1) is 7.47. The normalized spacial score (nSPS) is 23.6. The maximum atomic E-state index is 2.25. The second kappa shape index (κ2) is 8.14. The van der Waals surface area contributed by atoms with Crippen LogP contribution in [0.2, 0.25) is 0 Å². The SMILES string of the molecule is [CH]1[CH][CH][CH][CH]1.[CH]1[CH][CH][C](C2=CCC=C2)[CH]1.[Fe+2]. The molecule has 0 nitrogen and oxygen atoms in total. The molecule has 0 spiro atoms. The van der Waals surface area contributed by atoms with Crippen LogP contribution < -0.4 is 0 Å². The van der Waals surface area contributed by atoms with E-state index in [1.54, 1.807) is 0 Å². The molecule has 0 unspecified atom stereocenters. The molecule has 0 aromatic rings. The van der Waals surface area contributed by atoms with Gasteiger partial charge < -0.3 is 0 Å². The predicted octanol–water partition coefficient (Wildman–Crippen LogP) is 3.30. The molecule has 0 aromatic heterocycles. The molecule has 2 fully saturated rings. The Morgan fingerprint density at radius 2 is 1.31 bits per heavy atom. The third kappa shape index (κ3) is 4.47. The second-order valence-corrected chi connectivity index (χ2v) is 3.43. The first kappa shape index (κ1) is 14.1. The van der Waals surface area contributed by atoms with Crippen molar-refractivity contribution in [3.8, 4) is 0 Å². The Hall–Kier alpha value is -0.000519. The van der Waals surface area contributed by atoms with E-state index in [4.69, 9.17) is 0 Å². The van der Waals surface area contributed by atoms with E-state index >= 15 is 0 Å². The standard InChI is InChI=1S/C10H9.C5H5.Fe/c1-2-6-9(5-1)10-7-3-4-8-10;1-2-4-5-3-1;/h1-3,5-8H,4H2;1-5H;/q;;+2. The van der Waals surface area contributed by atoms with Gasteiger partial charge in [0.2, 0.25) is 0 Å². The van der Waals surface area contributed by atoms with Crippen molar-refractivity contribution >= 4 is 0 Å². The van der Waals surface area contributed by atoms with Gasteiger partial charge in [-0.1, -0.05) is 18.2 Å². The van der Waals surface area contributed by atoms with Crippen LogP contribution >= 0.6 is 0 Å². The average molecular weight is 250 g/mol. The maximum absolute atomic E-state index is 2.25. The third-order valence-corrected chi connectivity index (χ3v) is 2.32. The van der Waals surface area contributed by atoms with Gasteiger partial charge in [-0.05, 0) is 69.8 Å². The van der Waals surface area contributed by atoms with Gasteiger partial charge in [-0.15, -0.1) is 0 Å². The zero-order valence-electron chi connectivity index (χ0n) is 8.99. The minimum Gasteiger partial charge on any atom is -0.0804 e. The first-order valence-corrected chi connectivity index (χ1v) is 5.22. The quantitative estimate of drug-likeness (QED) is 0.626. The Balaban J connectivity index is 0.000000183. The summed E-state index contributed by atoms with van der Waals surface area (Å²) in [5, 5.41) is 0. The van der Waals surface area contributed by atoms with Gasteiger partial charge in [0.1, 0.15) is 0 Å². The summed E-state index contributed by atoms with van der Waals surface area (Å²) in [4.78, 5) is 0. The molecule has 0 aromatic carbocycles. The molecular formula is C15H14Fe+2. The van der Waals surface area contributed by atoms with Gasteiger partial charge in [-0.25, -0.2) is 0 Å². The van der Waals surface area contributed by atoms with Gasteiger partial charge in [0.15, 0.2) is 0 Å². The molecular weight excluding hydrogens is 236 g/mol. The van der Waals surface area contributed by atoms with Crippen LogP contribution in [0, 0.1) is 63.7 Å². The van der Waals surface area contributed by atoms with Crippen molar-refractivity contribution in [1.29, 1.82) is 0 Å². The minimum absolute atomic E-state index is 0. The summed E-state index contributed by atoms with van der Waals surface area (Å²) >= 11 is 0. The van der Waals surface area contributed by atoms with Gasteiger partial charge in [-0.3, -0.25) is 0 Å². The molecule has 16 heavy (non-hydrogen) atoms. The molecule has 10 radical (unpaired) electrons. The summed E-state index contributed by atoms with van der Waals surface area (Å²) in [6.45, 7) is 0. The van der Waals surface area contributed by atoms with Crippen LogP contribution in [-0.2, 0) is 17.1 Å². The summed E-state index contributed by atoms with van der Waals surface area (Å²) in [6.07, 6.45) is 26.1. The topological polar surface area (TPSA) is 0 Å². The van der Waals surface area contributed by atoms with Crippen LogP contribution in [0.15, 0.2) is 23.8 Å². The molecule has 0 atom stereocenters. The molecule has 3 rings (SSSR count). The van der Waals surface area contributed by atoms with Crippen molar-refractivity contribution in [3.05, 3.63) is 87.5 Å². The van der Waals surface area contributed by atoms with Crippen molar-refractivity contribution in [1.82, 2.24) is 0 Å². The van der Waals surface area contributed by atoms with E-state index in [0.717, 1.165) is 6.42 Å². The molecule has 0 N–H and O–H groups in total. The van der Waals surface area contributed by atoms with Crippen molar-refractivity contribution in [2.45, 2.75) is 6.42 Å². The Kier molecular flexibility index (Phi) is 7.16. The predicted molar refractivity (Wildman–Crippen MR) is 63.8 cm³/mol. The first-order valence-electron chi connectivity index (χ1n) is 5.22.